The van der Waals surface area contributed by atoms with Crippen molar-refractivity contribution in [2.24, 2.45) is 29.1 Å². The summed E-state index contributed by atoms with van der Waals surface area (Å²) in [6, 6.07) is 18.2. The molecule has 1 heterocycles. The molecule has 4 rings (SSSR count). The summed E-state index contributed by atoms with van der Waals surface area (Å²) in [5, 5.41) is 6.17. The number of aryl methyl sites for hydroxylation is 1. The molecule has 2 amide bonds. The van der Waals surface area contributed by atoms with Gasteiger partial charge in [-0.15, -0.1) is 0 Å². The number of hydrogen-bond acceptors (Lipinski definition) is 7. The van der Waals surface area contributed by atoms with Crippen molar-refractivity contribution in [1.82, 2.24) is 20.4 Å². The Balaban J connectivity index is 1.45. The molecule has 2 aliphatic rings. The first-order valence-corrected chi connectivity index (χ1v) is 21.4. The number of rotatable bonds is 25. The third-order valence-electron chi connectivity index (χ3n) is 11.7. The number of unbranched alkanes of at least 4 members (excludes halogenated alkanes) is 1. The Morgan fingerprint density at radius 3 is 1.84 bits per heavy atom. The molecule has 4 atom stereocenters. The van der Waals surface area contributed by atoms with Gasteiger partial charge in [-0.25, -0.2) is 0 Å². The van der Waals surface area contributed by atoms with Crippen LogP contribution in [0.2, 0.25) is 0 Å². The van der Waals surface area contributed by atoms with Gasteiger partial charge in [-0.3, -0.25) is 24.0 Å². The second-order valence-corrected chi connectivity index (χ2v) is 17.9. The van der Waals surface area contributed by atoms with Crippen LogP contribution in [-0.4, -0.2) is 90.8 Å². The minimum Gasteiger partial charge on any atom is -0.346 e. The van der Waals surface area contributed by atoms with E-state index < -0.39 is 29.3 Å². The van der Waals surface area contributed by atoms with E-state index in [1.54, 1.807) is 0 Å². The van der Waals surface area contributed by atoms with Crippen molar-refractivity contribution in [3.05, 3.63) is 71.8 Å². The van der Waals surface area contributed by atoms with Crippen LogP contribution in [0.5, 0.6) is 0 Å². The summed E-state index contributed by atoms with van der Waals surface area (Å²) in [5.41, 5.74) is 1.63. The maximum Gasteiger partial charge on any atom is 0.224 e. The number of benzene rings is 2. The maximum absolute atomic E-state index is 14.3. The topological polar surface area (TPSA) is 116 Å². The fourth-order valence-electron chi connectivity index (χ4n) is 7.84. The van der Waals surface area contributed by atoms with Gasteiger partial charge in [0.25, 0.3) is 0 Å². The normalized spacial score (nSPS) is 17.9. The second-order valence-electron chi connectivity index (χ2n) is 17.9. The number of likely N-dealkylation sites (N-methyl/N-ethyl adjacent to an activating group) is 1. The largest absolute Gasteiger partial charge is 0.346 e. The van der Waals surface area contributed by atoms with Crippen LogP contribution < -0.4 is 10.6 Å². The molecule has 1 saturated carbocycles. The molecule has 1 aliphatic heterocycles. The predicted molar refractivity (Wildman–Crippen MR) is 224 cm³/mol. The molecule has 2 unspecified atom stereocenters. The monoisotopic (exact) mass is 771 g/mol. The average molecular weight is 771 g/mol. The zero-order valence-electron chi connectivity index (χ0n) is 35.2. The molecular weight excluding hydrogens is 701 g/mol. The Morgan fingerprint density at radius 2 is 1.25 bits per heavy atom. The fourth-order valence-corrected chi connectivity index (χ4v) is 7.84. The first-order valence-electron chi connectivity index (χ1n) is 21.4. The van der Waals surface area contributed by atoms with Crippen molar-refractivity contribution in [1.29, 1.82) is 0 Å². The minimum absolute atomic E-state index is 0.0698. The summed E-state index contributed by atoms with van der Waals surface area (Å²) >= 11 is 0. The van der Waals surface area contributed by atoms with Crippen LogP contribution in [0.4, 0.5) is 0 Å². The number of hydrogen-bond donors (Lipinski definition) is 2. The van der Waals surface area contributed by atoms with E-state index in [1.165, 1.54) is 0 Å². The van der Waals surface area contributed by atoms with E-state index in [4.69, 9.17) is 0 Å². The molecule has 308 valence electrons. The molecule has 2 aromatic rings. The summed E-state index contributed by atoms with van der Waals surface area (Å²) in [7, 11) is 2.15. The lowest BCUT2D eigenvalue weighted by Gasteiger charge is -2.32. The Bertz CT molecular complexity index is 1550. The van der Waals surface area contributed by atoms with Gasteiger partial charge in [-0.2, -0.15) is 0 Å². The van der Waals surface area contributed by atoms with Gasteiger partial charge < -0.3 is 20.4 Å². The number of nitrogens with zero attached hydrogens (tertiary/aromatic N) is 2. The Morgan fingerprint density at radius 1 is 0.696 bits per heavy atom. The third kappa shape index (κ3) is 15.3. The first-order chi connectivity index (χ1) is 26.7. The maximum atomic E-state index is 14.3. The summed E-state index contributed by atoms with van der Waals surface area (Å²) in [5.74, 6) is -1.63. The van der Waals surface area contributed by atoms with Crippen LogP contribution in [0, 0.1) is 29.1 Å². The molecular formula is C47H70N4O5. The Kier molecular flexibility index (Phi) is 17.9. The number of carbonyl (C=O) groups excluding carboxylic acids is 5. The van der Waals surface area contributed by atoms with Crippen molar-refractivity contribution in [2.45, 2.75) is 124 Å². The van der Waals surface area contributed by atoms with E-state index in [0.29, 0.717) is 38.5 Å². The average Bonchev–Trinajstić information content (AvgIpc) is 3.93. The van der Waals surface area contributed by atoms with Gasteiger partial charge in [0, 0.05) is 62.7 Å². The first kappa shape index (κ1) is 45.0. The lowest BCUT2D eigenvalue weighted by atomic mass is 9.87. The van der Waals surface area contributed by atoms with Gasteiger partial charge >= 0.3 is 0 Å². The highest BCUT2D eigenvalue weighted by molar-refractivity contribution is 5.97. The predicted octanol–water partition coefficient (Wildman–Crippen LogP) is 6.86. The number of ketones is 3. The van der Waals surface area contributed by atoms with E-state index in [-0.39, 0.29) is 53.8 Å². The third-order valence-corrected chi connectivity index (χ3v) is 11.7. The molecule has 56 heavy (non-hydrogen) atoms. The van der Waals surface area contributed by atoms with Gasteiger partial charge in [0.05, 0.1) is 12.1 Å². The highest BCUT2D eigenvalue weighted by atomic mass is 16.2. The van der Waals surface area contributed by atoms with E-state index in [2.05, 4.69) is 27.5 Å². The van der Waals surface area contributed by atoms with Gasteiger partial charge in [-0.1, -0.05) is 95.3 Å². The van der Waals surface area contributed by atoms with E-state index >= 15 is 0 Å². The van der Waals surface area contributed by atoms with Crippen LogP contribution >= 0.6 is 0 Å². The van der Waals surface area contributed by atoms with Gasteiger partial charge in [0.15, 0.2) is 11.6 Å². The minimum atomic E-state index is -0.801. The molecule has 0 aromatic heterocycles. The number of Topliss-reactive ketones (excluding diaryl/α,β-unsaturated/α-hetero) is 3. The Labute approximate surface area is 337 Å². The lowest BCUT2D eigenvalue weighted by molar-refractivity contribution is -0.135. The molecule has 9 nitrogen and oxygen atoms in total. The summed E-state index contributed by atoms with van der Waals surface area (Å²) in [6.45, 7) is 15.3. The second kappa shape index (κ2) is 22.3. The van der Waals surface area contributed by atoms with E-state index in [9.17, 15) is 24.0 Å². The molecule has 1 saturated heterocycles. The molecule has 1 aliphatic carbocycles. The molecule has 2 N–H and O–H groups in total. The summed E-state index contributed by atoms with van der Waals surface area (Å²) in [4.78, 5) is 74.3. The fraction of sp³-hybridized carbons (Fsp3) is 0.638. The van der Waals surface area contributed by atoms with Crippen molar-refractivity contribution >= 4 is 29.2 Å². The summed E-state index contributed by atoms with van der Waals surface area (Å²) < 4.78 is 0. The van der Waals surface area contributed by atoms with Crippen molar-refractivity contribution in [3.63, 3.8) is 0 Å². The van der Waals surface area contributed by atoms with E-state index in [1.807, 2.05) is 95.3 Å². The van der Waals surface area contributed by atoms with Crippen LogP contribution in [-0.2, 0) is 36.8 Å². The molecule has 9 heteroatoms. The van der Waals surface area contributed by atoms with Gasteiger partial charge in [-0.05, 0) is 94.3 Å². The standard InChI is InChI=1S/C47H70N4O5/c1-34(2)29-41(43(53)33-39(31-37-17-11-8-12-18-37)46(56)49-42(30-35(3)4)44(54)47(5)22-23-47)48-45(55)38(21-20-36-15-9-7-10-16-36)32-40(52)19-13-14-24-51-27-25-50(6)26-28-51/h7-12,15-18,34-35,38-39,41-42H,13-14,19-33H2,1-6H3,(H,48,55)(H,49,56)/t38-,39-,41?,42?/m1/s1. The zero-order valence-corrected chi connectivity index (χ0v) is 35.2. The van der Waals surface area contributed by atoms with Crippen molar-refractivity contribution in [2.75, 3.05) is 39.8 Å². The molecule has 0 spiro atoms. The van der Waals surface area contributed by atoms with Crippen LogP contribution in [0.3, 0.4) is 0 Å². The summed E-state index contributed by atoms with van der Waals surface area (Å²) in [6.07, 6.45) is 6.34. The number of carbonyl (C=O) groups is 5. The van der Waals surface area contributed by atoms with Crippen molar-refractivity contribution < 1.29 is 24.0 Å². The zero-order chi connectivity index (χ0) is 40.7. The molecule has 2 aromatic carbocycles. The quantitative estimate of drug-likeness (QED) is 0.106. The number of amides is 2. The number of piperazine rings is 1. The smallest absolute Gasteiger partial charge is 0.224 e. The SMILES string of the molecule is CC(C)CC(NC(=O)[C@H](CCc1ccccc1)CC(=O)CCCCN1CCN(C)CC1)C(=O)C[C@@H](Cc1ccccc1)C(=O)NC(CC(C)C)C(=O)C1(C)CC1. The molecule has 0 radical (unpaired) electrons. The Hall–Kier alpha value is -3.69. The van der Waals surface area contributed by atoms with Gasteiger partial charge in [0.2, 0.25) is 11.8 Å². The lowest BCUT2D eigenvalue weighted by Crippen LogP contribution is -2.49. The van der Waals surface area contributed by atoms with Crippen molar-refractivity contribution in [3.8, 4) is 0 Å². The molecule has 0 bridgehead atoms. The number of nitrogens with one attached hydrogen (secondary N) is 2. The van der Waals surface area contributed by atoms with Crippen LogP contribution in [0.15, 0.2) is 60.7 Å². The highest BCUT2D eigenvalue weighted by Crippen LogP contribution is 2.47. The van der Waals surface area contributed by atoms with Crippen LogP contribution in [0.1, 0.15) is 110 Å². The molecule has 2 fully saturated rings. The van der Waals surface area contributed by atoms with Crippen LogP contribution in [0.25, 0.3) is 0 Å². The van der Waals surface area contributed by atoms with Gasteiger partial charge in [0.1, 0.15) is 5.78 Å². The van der Waals surface area contributed by atoms with E-state index in [0.717, 1.165) is 69.5 Å². The highest BCUT2D eigenvalue weighted by Gasteiger charge is 2.48.